The highest BCUT2D eigenvalue weighted by molar-refractivity contribution is 5.49. The zero-order valence-corrected chi connectivity index (χ0v) is 14.0. The second-order valence-corrected chi connectivity index (χ2v) is 6.22. The van der Waals surface area contributed by atoms with Crippen LogP contribution in [-0.2, 0) is 12.0 Å². The van der Waals surface area contributed by atoms with Crippen molar-refractivity contribution in [2.24, 2.45) is 0 Å². The lowest BCUT2D eigenvalue weighted by Gasteiger charge is -2.24. The van der Waals surface area contributed by atoms with Crippen molar-refractivity contribution >= 4 is 0 Å². The highest BCUT2D eigenvalue weighted by Gasteiger charge is 2.21. The van der Waals surface area contributed by atoms with Gasteiger partial charge in [-0.3, -0.25) is 0 Å². The monoisotopic (exact) mass is 300 g/mol. The third kappa shape index (κ3) is 3.73. The van der Waals surface area contributed by atoms with Gasteiger partial charge in [-0.15, -0.1) is 0 Å². The van der Waals surface area contributed by atoms with Crippen LogP contribution in [0.25, 0.3) is 0 Å². The molecule has 0 aliphatic carbocycles. The third-order valence-electron chi connectivity index (χ3n) is 3.55. The molecule has 0 aromatic heterocycles. The fraction of sp³-hybridized carbons (Fsp3) is 0.368. The van der Waals surface area contributed by atoms with E-state index in [0.29, 0.717) is 6.61 Å². The molecule has 0 amide bonds. The van der Waals surface area contributed by atoms with E-state index < -0.39 is 0 Å². The molecule has 22 heavy (non-hydrogen) atoms. The Morgan fingerprint density at radius 2 is 1.55 bits per heavy atom. The number of methoxy groups -OCH3 is 2. The van der Waals surface area contributed by atoms with Crippen LogP contribution in [0.1, 0.15) is 31.9 Å². The molecule has 118 valence electrons. The Morgan fingerprint density at radius 1 is 0.864 bits per heavy atom. The fourth-order valence-corrected chi connectivity index (χ4v) is 2.29. The summed E-state index contributed by atoms with van der Waals surface area (Å²) < 4.78 is 16.7. The van der Waals surface area contributed by atoms with Crippen LogP contribution in [0.5, 0.6) is 17.2 Å². The Labute approximate surface area is 132 Å². The predicted octanol–water partition coefficient (Wildman–Crippen LogP) is 4.58. The van der Waals surface area contributed by atoms with Gasteiger partial charge in [0, 0.05) is 5.56 Å². The van der Waals surface area contributed by atoms with Crippen molar-refractivity contribution in [2.45, 2.75) is 32.8 Å². The molecule has 0 aliphatic heterocycles. The average Bonchev–Trinajstić information content (AvgIpc) is 2.52. The standard InChI is InChI=1S/C19H24O3/c1-19(2,3)16-7-6-8-17(21-5)18(16)22-13-14-9-11-15(20-4)12-10-14/h6-12H,13H2,1-5H3. The first-order chi connectivity index (χ1) is 10.5. The second-order valence-electron chi connectivity index (χ2n) is 6.22. The lowest BCUT2D eigenvalue weighted by Crippen LogP contribution is -2.14. The van der Waals surface area contributed by atoms with Crippen LogP contribution in [0.3, 0.4) is 0 Å². The first-order valence-corrected chi connectivity index (χ1v) is 7.39. The molecule has 2 rings (SSSR count). The van der Waals surface area contributed by atoms with E-state index in [0.717, 1.165) is 28.4 Å². The Morgan fingerprint density at radius 3 is 2.09 bits per heavy atom. The maximum absolute atomic E-state index is 6.08. The van der Waals surface area contributed by atoms with Crippen LogP contribution in [-0.4, -0.2) is 14.2 Å². The molecule has 0 radical (unpaired) electrons. The summed E-state index contributed by atoms with van der Waals surface area (Å²) in [6, 6.07) is 13.9. The number of benzene rings is 2. The van der Waals surface area contributed by atoms with E-state index in [-0.39, 0.29) is 5.41 Å². The topological polar surface area (TPSA) is 27.7 Å². The summed E-state index contributed by atoms with van der Waals surface area (Å²) in [5, 5.41) is 0. The van der Waals surface area contributed by atoms with E-state index >= 15 is 0 Å². The van der Waals surface area contributed by atoms with Crippen molar-refractivity contribution < 1.29 is 14.2 Å². The number of para-hydroxylation sites is 1. The molecular formula is C19H24O3. The summed E-state index contributed by atoms with van der Waals surface area (Å²) >= 11 is 0. The minimum atomic E-state index is -0.0101. The maximum atomic E-state index is 6.08. The molecule has 3 heteroatoms. The van der Waals surface area contributed by atoms with E-state index in [9.17, 15) is 0 Å². The summed E-state index contributed by atoms with van der Waals surface area (Å²) in [6.07, 6.45) is 0. The molecule has 0 bridgehead atoms. The zero-order chi connectivity index (χ0) is 16.2. The van der Waals surface area contributed by atoms with Gasteiger partial charge in [0.05, 0.1) is 14.2 Å². The average molecular weight is 300 g/mol. The van der Waals surface area contributed by atoms with E-state index in [4.69, 9.17) is 14.2 Å². The highest BCUT2D eigenvalue weighted by atomic mass is 16.5. The van der Waals surface area contributed by atoms with Crippen LogP contribution >= 0.6 is 0 Å². The lowest BCUT2D eigenvalue weighted by atomic mass is 9.86. The molecule has 0 aliphatic rings. The fourth-order valence-electron chi connectivity index (χ4n) is 2.29. The first kappa shape index (κ1) is 16.2. The summed E-state index contributed by atoms with van der Waals surface area (Å²) in [7, 11) is 3.33. The molecule has 0 saturated heterocycles. The molecule has 0 saturated carbocycles. The molecule has 3 nitrogen and oxygen atoms in total. The van der Waals surface area contributed by atoms with Gasteiger partial charge in [-0.25, -0.2) is 0 Å². The van der Waals surface area contributed by atoms with Gasteiger partial charge in [0.15, 0.2) is 11.5 Å². The largest absolute Gasteiger partial charge is 0.497 e. The molecule has 2 aromatic rings. The predicted molar refractivity (Wildman–Crippen MR) is 89.0 cm³/mol. The van der Waals surface area contributed by atoms with Gasteiger partial charge in [-0.2, -0.15) is 0 Å². The summed E-state index contributed by atoms with van der Waals surface area (Å²) in [6.45, 7) is 7.00. The smallest absolute Gasteiger partial charge is 0.165 e. The zero-order valence-electron chi connectivity index (χ0n) is 14.0. The first-order valence-electron chi connectivity index (χ1n) is 7.39. The molecule has 0 heterocycles. The van der Waals surface area contributed by atoms with Gasteiger partial charge >= 0.3 is 0 Å². The Kier molecular flexibility index (Phi) is 4.96. The van der Waals surface area contributed by atoms with Gasteiger partial charge in [0.1, 0.15) is 12.4 Å². The van der Waals surface area contributed by atoms with Gasteiger partial charge < -0.3 is 14.2 Å². The van der Waals surface area contributed by atoms with Crippen LogP contribution < -0.4 is 14.2 Å². The van der Waals surface area contributed by atoms with Crippen molar-refractivity contribution in [2.75, 3.05) is 14.2 Å². The summed E-state index contributed by atoms with van der Waals surface area (Å²) in [5.41, 5.74) is 2.22. The van der Waals surface area contributed by atoms with Crippen molar-refractivity contribution in [3.8, 4) is 17.2 Å². The molecule has 0 N–H and O–H groups in total. The van der Waals surface area contributed by atoms with E-state index in [1.165, 1.54) is 0 Å². The highest BCUT2D eigenvalue weighted by Crippen LogP contribution is 2.38. The lowest BCUT2D eigenvalue weighted by molar-refractivity contribution is 0.276. The number of rotatable bonds is 5. The van der Waals surface area contributed by atoms with Crippen LogP contribution in [0, 0.1) is 0 Å². The minimum absolute atomic E-state index is 0.0101. The summed E-state index contributed by atoms with van der Waals surface area (Å²) in [4.78, 5) is 0. The number of hydrogen-bond donors (Lipinski definition) is 0. The van der Waals surface area contributed by atoms with Crippen molar-refractivity contribution in [3.63, 3.8) is 0 Å². The number of hydrogen-bond acceptors (Lipinski definition) is 3. The molecule has 0 atom stereocenters. The van der Waals surface area contributed by atoms with Crippen LogP contribution in [0.15, 0.2) is 42.5 Å². The van der Waals surface area contributed by atoms with Crippen molar-refractivity contribution in [1.82, 2.24) is 0 Å². The Balaban J connectivity index is 2.24. The SMILES string of the molecule is COc1ccc(COc2c(OC)cccc2C(C)(C)C)cc1. The maximum Gasteiger partial charge on any atom is 0.165 e. The molecule has 0 unspecified atom stereocenters. The minimum Gasteiger partial charge on any atom is -0.497 e. The van der Waals surface area contributed by atoms with E-state index in [1.54, 1.807) is 14.2 Å². The van der Waals surface area contributed by atoms with Crippen molar-refractivity contribution in [1.29, 1.82) is 0 Å². The Hall–Kier alpha value is -2.16. The van der Waals surface area contributed by atoms with Gasteiger partial charge in [-0.05, 0) is 29.2 Å². The molecule has 2 aromatic carbocycles. The number of ether oxygens (including phenoxy) is 3. The molecular weight excluding hydrogens is 276 g/mol. The van der Waals surface area contributed by atoms with Gasteiger partial charge in [0.2, 0.25) is 0 Å². The Bertz CT molecular complexity index is 610. The molecule has 0 fully saturated rings. The quantitative estimate of drug-likeness (QED) is 0.809. The van der Waals surface area contributed by atoms with Gasteiger partial charge in [-0.1, -0.05) is 45.0 Å². The molecule has 0 spiro atoms. The van der Waals surface area contributed by atoms with Crippen molar-refractivity contribution in [3.05, 3.63) is 53.6 Å². The van der Waals surface area contributed by atoms with Crippen LogP contribution in [0.2, 0.25) is 0 Å². The summed E-state index contributed by atoms with van der Waals surface area (Å²) in [5.74, 6) is 2.42. The second kappa shape index (κ2) is 6.73. The van der Waals surface area contributed by atoms with E-state index in [1.807, 2.05) is 36.4 Å². The third-order valence-corrected chi connectivity index (χ3v) is 3.55. The normalized spacial score (nSPS) is 11.1. The van der Waals surface area contributed by atoms with E-state index in [2.05, 4.69) is 26.8 Å². The van der Waals surface area contributed by atoms with Gasteiger partial charge in [0.25, 0.3) is 0 Å². The van der Waals surface area contributed by atoms with Crippen LogP contribution in [0.4, 0.5) is 0 Å².